The van der Waals surface area contributed by atoms with Crippen LogP contribution in [-0.2, 0) is 6.54 Å². The lowest BCUT2D eigenvalue weighted by Gasteiger charge is -2.27. The van der Waals surface area contributed by atoms with Crippen molar-refractivity contribution in [2.24, 2.45) is 0 Å². The van der Waals surface area contributed by atoms with Crippen LogP contribution in [0.3, 0.4) is 0 Å². The fourth-order valence-corrected chi connectivity index (χ4v) is 3.56. The predicted octanol–water partition coefficient (Wildman–Crippen LogP) is 4.98. The van der Waals surface area contributed by atoms with E-state index in [0.29, 0.717) is 13.2 Å². The first-order valence-electron chi connectivity index (χ1n) is 9.23. The van der Waals surface area contributed by atoms with Gasteiger partial charge < -0.3 is 19.5 Å². The first kappa shape index (κ1) is 17.2. The highest BCUT2D eigenvalue weighted by molar-refractivity contribution is 5.89. The number of hydrogen-bond donors (Lipinski definition) is 1. The number of rotatable bonds is 3. The molecule has 1 atom stereocenters. The summed E-state index contributed by atoms with van der Waals surface area (Å²) in [6, 6.07) is 19.6. The summed E-state index contributed by atoms with van der Waals surface area (Å²) >= 11 is 0. The molecule has 5 nitrogen and oxygen atoms in total. The minimum absolute atomic E-state index is 0.0462. The van der Waals surface area contributed by atoms with E-state index in [2.05, 4.69) is 41.2 Å². The molecule has 0 aliphatic carbocycles. The van der Waals surface area contributed by atoms with Gasteiger partial charge in [0.05, 0.1) is 24.9 Å². The maximum atomic E-state index is 13.1. The van der Waals surface area contributed by atoms with Crippen LogP contribution < -0.4 is 10.1 Å². The van der Waals surface area contributed by atoms with E-state index in [1.165, 1.54) is 0 Å². The number of carbonyl (C=O) groups is 1. The molecular weight excluding hydrogens is 338 g/mol. The van der Waals surface area contributed by atoms with E-state index < -0.39 is 0 Å². The summed E-state index contributed by atoms with van der Waals surface area (Å²) < 4.78 is 7.63. The standard InChI is InChI=1S/C22H23N3O2/c1-3-27-19-12-10-18(11-13-19)23-22(26)25-15-17-7-4-5-8-21(17)24-14-6-9-20(24)16(25)2/h4-14,16H,3,15H2,1-2H3,(H,23,26)/t16-/m1/s1. The summed E-state index contributed by atoms with van der Waals surface area (Å²) in [5.74, 6) is 0.797. The summed E-state index contributed by atoms with van der Waals surface area (Å²) in [4.78, 5) is 14.9. The average Bonchev–Trinajstić information content (AvgIpc) is 3.13. The average molecular weight is 361 g/mol. The maximum absolute atomic E-state index is 13.1. The summed E-state index contributed by atoms with van der Waals surface area (Å²) in [5.41, 5.74) is 4.10. The van der Waals surface area contributed by atoms with Crippen LogP contribution in [0.4, 0.5) is 10.5 Å². The molecule has 1 aromatic heterocycles. The molecule has 2 heterocycles. The normalized spacial score (nSPS) is 15.5. The molecule has 1 N–H and O–H groups in total. The van der Waals surface area contributed by atoms with Crippen LogP contribution in [0, 0.1) is 0 Å². The summed E-state index contributed by atoms with van der Waals surface area (Å²) in [6.07, 6.45) is 2.05. The summed E-state index contributed by atoms with van der Waals surface area (Å²) in [5, 5.41) is 3.02. The summed E-state index contributed by atoms with van der Waals surface area (Å²) in [6.45, 7) is 5.19. The quantitative estimate of drug-likeness (QED) is 0.715. The molecule has 0 spiro atoms. The lowest BCUT2D eigenvalue weighted by molar-refractivity contribution is 0.189. The second-order valence-corrected chi connectivity index (χ2v) is 6.62. The van der Waals surface area contributed by atoms with Gasteiger partial charge >= 0.3 is 6.03 Å². The van der Waals surface area contributed by atoms with Crippen molar-refractivity contribution in [1.82, 2.24) is 9.47 Å². The van der Waals surface area contributed by atoms with Crippen LogP contribution >= 0.6 is 0 Å². The van der Waals surface area contributed by atoms with Crippen molar-refractivity contribution in [3.8, 4) is 11.4 Å². The zero-order chi connectivity index (χ0) is 18.8. The third-order valence-electron chi connectivity index (χ3n) is 4.95. The van der Waals surface area contributed by atoms with Crippen LogP contribution in [0.25, 0.3) is 5.69 Å². The smallest absolute Gasteiger partial charge is 0.322 e. The van der Waals surface area contributed by atoms with E-state index >= 15 is 0 Å². The van der Waals surface area contributed by atoms with Gasteiger partial charge in [0.15, 0.2) is 0 Å². The van der Waals surface area contributed by atoms with Gasteiger partial charge in [-0.3, -0.25) is 0 Å². The number of ether oxygens (including phenoxy) is 1. The van der Waals surface area contributed by atoms with Crippen molar-refractivity contribution in [3.63, 3.8) is 0 Å². The second-order valence-electron chi connectivity index (χ2n) is 6.62. The molecule has 0 radical (unpaired) electrons. The highest BCUT2D eigenvalue weighted by Crippen LogP contribution is 2.32. The van der Waals surface area contributed by atoms with Crippen molar-refractivity contribution >= 4 is 11.7 Å². The SMILES string of the molecule is CCOc1ccc(NC(=O)N2Cc3ccccc3-n3cccc3[C@H]2C)cc1. The molecule has 5 heteroatoms. The molecule has 2 aromatic carbocycles. The van der Waals surface area contributed by atoms with Crippen molar-refractivity contribution in [2.75, 3.05) is 11.9 Å². The van der Waals surface area contributed by atoms with Crippen LogP contribution in [0.5, 0.6) is 5.75 Å². The van der Waals surface area contributed by atoms with Gasteiger partial charge in [0.25, 0.3) is 0 Å². The lowest BCUT2D eigenvalue weighted by Crippen LogP contribution is -2.36. The first-order valence-corrected chi connectivity index (χ1v) is 9.23. The van der Waals surface area contributed by atoms with Crippen LogP contribution in [0.1, 0.15) is 31.1 Å². The highest BCUT2D eigenvalue weighted by Gasteiger charge is 2.28. The van der Waals surface area contributed by atoms with Crippen molar-refractivity contribution in [3.05, 3.63) is 78.1 Å². The molecule has 138 valence electrons. The van der Waals surface area contributed by atoms with Gasteiger partial charge in [0.1, 0.15) is 5.75 Å². The van der Waals surface area contributed by atoms with E-state index in [9.17, 15) is 4.79 Å². The number of benzene rings is 2. The van der Waals surface area contributed by atoms with Crippen LogP contribution in [-0.4, -0.2) is 22.1 Å². The zero-order valence-electron chi connectivity index (χ0n) is 15.6. The third kappa shape index (κ3) is 3.28. The Morgan fingerprint density at radius 3 is 2.67 bits per heavy atom. The topological polar surface area (TPSA) is 46.5 Å². The third-order valence-corrected chi connectivity index (χ3v) is 4.95. The van der Waals surface area contributed by atoms with Crippen LogP contribution in [0.2, 0.25) is 0 Å². The van der Waals surface area contributed by atoms with Crippen molar-refractivity contribution in [2.45, 2.75) is 26.4 Å². The molecule has 0 unspecified atom stereocenters. The number of aromatic nitrogens is 1. The first-order chi connectivity index (χ1) is 13.2. The van der Waals surface area contributed by atoms with Crippen molar-refractivity contribution in [1.29, 1.82) is 0 Å². The van der Waals surface area contributed by atoms with Gasteiger partial charge in [-0.15, -0.1) is 0 Å². The molecule has 3 aromatic rings. The Morgan fingerprint density at radius 2 is 1.89 bits per heavy atom. The Bertz CT molecular complexity index is 946. The van der Waals surface area contributed by atoms with E-state index in [4.69, 9.17) is 4.74 Å². The Balaban J connectivity index is 1.61. The fourth-order valence-electron chi connectivity index (χ4n) is 3.56. The highest BCUT2D eigenvalue weighted by atomic mass is 16.5. The molecule has 0 fully saturated rings. The van der Waals surface area contributed by atoms with Gasteiger partial charge in [0.2, 0.25) is 0 Å². The lowest BCUT2D eigenvalue weighted by atomic mass is 10.1. The molecule has 2 amide bonds. The Hall–Kier alpha value is -3.21. The van der Waals surface area contributed by atoms with Crippen LogP contribution in [0.15, 0.2) is 66.9 Å². The number of anilines is 1. The number of amides is 2. The van der Waals surface area contributed by atoms with E-state index in [1.807, 2.05) is 54.3 Å². The molecule has 0 saturated heterocycles. The van der Waals surface area contributed by atoms with Gasteiger partial charge in [0, 0.05) is 17.6 Å². The Morgan fingerprint density at radius 1 is 1.11 bits per heavy atom. The van der Waals surface area contributed by atoms with Gasteiger partial charge in [-0.1, -0.05) is 18.2 Å². The molecular formula is C22H23N3O2. The predicted molar refractivity (Wildman–Crippen MR) is 106 cm³/mol. The summed E-state index contributed by atoms with van der Waals surface area (Å²) in [7, 11) is 0. The fraction of sp³-hybridized carbons (Fsp3) is 0.227. The molecule has 4 rings (SSSR count). The Labute approximate surface area is 159 Å². The van der Waals surface area contributed by atoms with E-state index in [0.717, 1.165) is 28.4 Å². The van der Waals surface area contributed by atoms with Gasteiger partial charge in [-0.25, -0.2) is 4.79 Å². The molecule has 27 heavy (non-hydrogen) atoms. The van der Waals surface area contributed by atoms with Crippen molar-refractivity contribution < 1.29 is 9.53 Å². The monoisotopic (exact) mass is 361 g/mol. The Kier molecular flexibility index (Phi) is 4.59. The molecule has 1 aliphatic heterocycles. The number of fused-ring (bicyclic) bond motifs is 3. The largest absolute Gasteiger partial charge is 0.494 e. The van der Waals surface area contributed by atoms with E-state index in [-0.39, 0.29) is 12.1 Å². The number of nitrogens with one attached hydrogen (secondary N) is 1. The van der Waals surface area contributed by atoms with Gasteiger partial charge in [-0.05, 0) is 61.9 Å². The van der Waals surface area contributed by atoms with Gasteiger partial charge in [-0.2, -0.15) is 0 Å². The number of hydrogen-bond acceptors (Lipinski definition) is 2. The second kappa shape index (κ2) is 7.19. The maximum Gasteiger partial charge on any atom is 0.322 e. The number of nitrogens with zero attached hydrogens (tertiary/aromatic N) is 2. The number of carbonyl (C=O) groups excluding carboxylic acids is 1. The molecule has 0 saturated carbocycles. The minimum atomic E-state index is -0.115. The minimum Gasteiger partial charge on any atom is -0.494 e. The molecule has 0 bridgehead atoms. The molecule has 1 aliphatic rings. The van der Waals surface area contributed by atoms with E-state index in [1.54, 1.807) is 0 Å². The number of para-hydroxylation sites is 1. The number of urea groups is 1. The zero-order valence-corrected chi connectivity index (χ0v) is 15.6.